The molecule has 3 amide bonds. The van der Waals surface area contributed by atoms with Gasteiger partial charge < -0.3 is 19.4 Å². The molecule has 1 unspecified atom stereocenters. The minimum Gasteiger partial charge on any atom is -0.481 e. The Morgan fingerprint density at radius 1 is 1.10 bits per heavy atom. The summed E-state index contributed by atoms with van der Waals surface area (Å²) in [5.41, 5.74) is 1.45. The first-order valence-electron chi connectivity index (χ1n) is 9.98. The van der Waals surface area contributed by atoms with Gasteiger partial charge in [0.25, 0.3) is 5.91 Å². The van der Waals surface area contributed by atoms with Gasteiger partial charge in [0.15, 0.2) is 0 Å². The Kier molecular flexibility index (Phi) is 5.65. The number of carbonyl (C=O) groups is 3. The molecular weight excluding hydrogens is 384 g/mol. The molecule has 1 aromatic carbocycles. The minimum atomic E-state index is -0.526. The van der Waals surface area contributed by atoms with Crippen LogP contribution in [0.1, 0.15) is 22.3 Å². The molecule has 1 atom stereocenters. The lowest BCUT2D eigenvalue weighted by molar-refractivity contribution is -0.156. The Morgan fingerprint density at radius 2 is 1.90 bits per heavy atom. The Labute approximate surface area is 175 Å². The summed E-state index contributed by atoms with van der Waals surface area (Å²) in [6.07, 6.45) is 1.91. The number of pyridine rings is 1. The zero-order valence-corrected chi connectivity index (χ0v) is 16.9. The summed E-state index contributed by atoms with van der Waals surface area (Å²) in [4.78, 5) is 47.7. The molecule has 30 heavy (non-hydrogen) atoms. The highest BCUT2D eigenvalue weighted by Gasteiger charge is 2.41. The van der Waals surface area contributed by atoms with Gasteiger partial charge in [-0.2, -0.15) is 0 Å². The van der Waals surface area contributed by atoms with E-state index in [-0.39, 0.29) is 24.3 Å². The van der Waals surface area contributed by atoms with Crippen molar-refractivity contribution in [2.24, 2.45) is 0 Å². The van der Waals surface area contributed by atoms with Crippen molar-refractivity contribution in [1.82, 2.24) is 19.7 Å². The smallest absolute Gasteiger partial charge is 0.255 e. The summed E-state index contributed by atoms with van der Waals surface area (Å²) < 4.78 is 5.03. The third kappa shape index (κ3) is 3.98. The molecule has 4 rings (SSSR count). The van der Waals surface area contributed by atoms with E-state index in [4.69, 9.17) is 4.74 Å². The van der Waals surface area contributed by atoms with Crippen LogP contribution in [0, 0.1) is 0 Å². The number of aromatic nitrogens is 1. The predicted octanol–water partition coefficient (Wildman–Crippen LogP) is 1.18. The van der Waals surface area contributed by atoms with Crippen LogP contribution >= 0.6 is 0 Å². The average Bonchev–Trinajstić information content (AvgIpc) is 3.01. The van der Waals surface area contributed by atoms with Crippen molar-refractivity contribution >= 4 is 17.7 Å². The number of nitrogens with zero attached hydrogens (tertiary/aromatic N) is 4. The van der Waals surface area contributed by atoms with Crippen LogP contribution in [0.25, 0.3) is 0 Å². The molecule has 0 aliphatic carbocycles. The number of methoxy groups -OCH3 is 1. The number of carbonyl (C=O) groups excluding carboxylic acids is 3. The van der Waals surface area contributed by atoms with Crippen molar-refractivity contribution < 1.29 is 19.1 Å². The van der Waals surface area contributed by atoms with Crippen molar-refractivity contribution in [2.45, 2.75) is 19.0 Å². The van der Waals surface area contributed by atoms with E-state index in [1.54, 1.807) is 26.8 Å². The molecule has 8 nitrogen and oxygen atoms in total. The Balaban J connectivity index is 1.46. The molecule has 156 valence electrons. The number of hydrogen-bond acceptors (Lipinski definition) is 5. The highest BCUT2D eigenvalue weighted by atomic mass is 16.5. The molecule has 2 fully saturated rings. The fraction of sp³-hybridized carbons (Fsp3) is 0.364. The van der Waals surface area contributed by atoms with Gasteiger partial charge in [-0.05, 0) is 18.1 Å². The minimum absolute atomic E-state index is 0.0566. The van der Waals surface area contributed by atoms with Crippen LogP contribution in [0.2, 0.25) is 0 Å². The van der Waals surface area contributed by atoms with Gasteiger partial charge >= 0.3 is 0 Å². The van der Waals surface area contributed by atoms with E-state index in [9.17, 15) is 14.4 Å². The monoisotopic (exact) mass is 408 g/mol. The molecule has 3 heterocycles. The van der Waals surface area contributed by atoms with Gasteiger partial charge in [0.1, 0.15) is 12.6 Å². The largest absolute Gasteiger partial charge is 0.481 e. The summed E-state index contributed by atoms with van der Waals surface area (Å²) in [5.74, 6) is 0.148. The summed E-state index contributed by atoms with van der Waals surface area (Å²) in [5, 5.41) is 0. The van der Waals surface area contributed by atoms with Crippen molar-refractivity contribution in [3.63, 3.8) is 0 Å². The normalized spacial score (nSPS) is 19.4. The maximum atomic E-state index is 13.1. The first kappa shape index (κ1) is 19.9. The summed E-state index contributed by atoms with van der Waals surface area (Å²) in [6.45, 7) is 1.63. The molecule has 0 saturated carbocycles. The maximum absolute atomic E-state index is 13.1. The fourth-order valence-electron chi connectivity index (χ4n) is 3.98. The van der Waals surface area contributed by atoms with Gasteiger partial charge in [0.05, 0.1) is 12.7 Å². The van der Waals surface area contributed by atoms with Gasteiger partial charge in [-0.25, -0.2) is 4.98 Å². The number of rotatable bonds is 4. The Bertz CT molecular complexity index is 932. The van der Waals surface area contributed by atoms with E-state index in [1.807, 2.05) is 30.3 Å². The fourth-order valence-corrected chi connectivity index (χ4v) is 3.98. The van der Waals surface area contributed by atoms with Gasteiger partial charge in [-0.3, -0.25) is 14.4 Å². The van der Waals surface area contributed by atoms with Crippen molar-refractivity contribution in [2.75, 3.05) is 33.3 Å². The van der Waals surface area contributed by atoms with Gasteiger partial charge in [0, 0.05) is 38.4 Å². The van der Waals surface area contributed by atoms with Crippen LogP contribution in [-0.2, 0) is 16.1 Å². The van der Waals surface area contributed by atoms with E-state index in [0.29, 0.717) is 44.0 Å². The second-order valence-corrected chi connectivity index (χ2v) is 7.45. The molecular formula is C22H24N4O4. The number of hydrogen-bond donors (Lipinski definition) is 0. The lowest BCUT2D eigenvalue weighted by Crippen LogP contribution is -2.59. The maximum Gasteiger partial charge on any atom is 0.255 e. The van der Waals surface area contributed by atoms with Gasteiger partial charge in [0.2, 0.25) is 17.7 Å². The van der Waals surface area contributed by atoms with Crippen LogP contribution in [0.5, 0.6) is 5.88 Å². The van der Waals surface area contributed by atoms with Crippen LogP contribution in [-0.4, -0.2) is 76.7 Å². The topological polar surface area (TPSA) is 83.0 Å². The first-order chi connectivity index (χ1) is 14.6. The van der Waals surface area contributed by atoms with Crippen LogP contribution in [0.15, 0.2) is 48.7 Å². The molecule has 0 spiro atoms. The zero-order chi connectivity index (χ0) is 21.1. The second kappa shape index (κ2) is 8.52. The van der Waals surface area contributed by atoms with E-state index >= 15 is 0 Å². The van der Waals surface area contributed by atoms with E-state index in [1.165, 1.54) is 13.3 Å². The standard InChI is InChI=1S/C22H24N4O4/c1-30-19-8-7-17(13-23-19)21(28)24-10-9-18-22(29)25(14-16-5-3-2-4-6-16)15-20(27)26(18)12-11-24/h2-8,13,18H,9-12,14-15H2,1H3. The zero-order valence-electron chi connectivity index (χ0n) is 16.9. The molecule has 0 N–H and O–H groups in total. The van der Waals surface area contributed by atoms with Crippen molar-refractivity contribution in [1.29, 1.82) is 0 Å². The van der Waals surface area contributed by atoms with Crippen LogP contribution < -0.4 is 4.74 Å². The predicted molar refractivity (Wildman–Crippen MR) is 109 cm³/mol. The molecule has 2 saturated heterocycles. The first-order valence-corrected chi connectivity index (χ1v) is 9.98. The molecule has 2 aromatic rings. The van der Waals surface area contributed by atoms with E-state index in [2.05, 4.69) is 4.98 Å². The number of benzene rings is 1. The van der Waals surface area contributed by atoms with Gasteiger partial charge in [-0.1, -0.05) is 30.3 Å². The molecule has 2 aliphatic heterocycles. The molecule has 0 bridgehead atoms. The Hall–Kier alpha value is -3.42. The van der Waals surface area contributed by atoms with Crippen molar-refractivity contribution in [3.05, 3.63) is 59.8 Å². The highest BCUT2D eigenvalue weighted by Crippen LogP contribution is 2.22. The van der Waals surface area contributed by atoms with E-state index in [0.717, 1.165) is 5.56 Å². The molecule has 0 radical (unpaired) electrons. The molecule has 8 heteroatoms. The molecule has 1 aromatic heterocycles. The summed E-state index contributed by atoms with van der Waals surface area (Å²) in [7, 11) is 1.52. The lowest BCUT2D eigenvalue weighted by Gasteiger charge is -2.39. The number of piperazine rings is 1. The van der Waals surface area contributed by atoms with Crippen molar-refractivity contribution in [3.8, 4) is 5.88 Å². The molecule has 2 aliphatic rings. The third-order valence-electron chi connectivity index (χ3n) is 5.60. The van der Waals surface area contributed by atoms with Crippen LogP contribution in [0.3, 0.4) is 0 Å². The summed E-state index contributed by atoms with van der Waals surface area (Å²) >= 11 is 0. The lowest BCUT2D eigenvalue weighted by atomic mass is 10.1. The number of amides is 3. The number of fused-ring (bicyclic) bond motifs is 1. The Morgan fingerprint density at radius 3 is 2.60 bits per heavy atom. The average molecular weight is 408 g/mol. The highest BCUT2D eigenvalue weighted by molar-refractivity contribution is 5.96. The van der Waals surface area contributed by atoms with Crippen LogP contribution in [0.4, 0.5) is 0 Å². The second-order valence-electron chi connectivity index (χ2n) is 7.45. The quantitative estimate of drug-likeness (QED) is 0.759. The SMILES string of the molecule is COc1ccc(C(=O)N2CCC3C(=O)N(Cc4ccccc4)CC(=O)N3CC2)cn1. The van der Waals surface area contributed by atoms with Gasteiger partial charge in [-0.15, -0.1) is 0 Å². The number of ether oxygens (including phenoxy) is 1. The van der Waals surface area contributed by atoms with E-state index < -0.39 is 6.04 Å². The third-order valence-corrected chi connectivity index (χ3v) is 5.60. The summed E-state index contributed by atoms with van der Waals surface area (Å²) in [6, 6.07) is 12.4.